The van der Waals surface area contributed by atoms with Crippen molar-refractivity contribution < 1.29 is 14.3 Å². The van der Waals surface area contributed by atoms with Crippen molar-refractivity contribution in [2.45, 2.75) is 39.0 Å². The van der Waals surface area contributed by atoms with Crippen LogP contribution in [-0.4, -0.2) is 38.1 Å². The molecule has 4 aromatic carbocycles. The number of hydrogen-bond acceptors (Lipinski definition) is 6. The average molecular weight is 560 g/mol. The summed E-state index contributed by atoms with van der Waals surface area (Å²) >= 11 is 0. The van der Waals surface area contributed by atoms with Crippen molar-refractivity contribution in [1.29, 1.82) is 0 Å². The molecular weight excluding hydrogens is 526 g/mol. The number of nitrogens with zero attached hydrogens (tertiary/aromatic N) is 4. The Hall–Kier alpha value is -5.11. The van der Waals surface area contributed by atoms with E-state index in [1.54, 1.807) is 0 Å². The smallest absolute Gasteiger partial charge is 0.309 e. The molecule has 1 amide bonds. The maximum absolute atomic E-state index is 13.4. The van der Waals surface area contributed by atoms with E-state index in [1.807, 2.05) is 85.8 Å². The number of hydrogen-bond donors (Lipinski definition) is 1. The Morgan fingerprint density at radius 3 is 2.02 bits per heavy atom. The van der Waals surface area contributed by atoms with Gasteiger partial charge in [-0.2, -0.15) is 0 Å². The van der Waals surface area contributed by atoms with E-state index >= 15 is 0 Å². The molecule has 0 fully saturated rings. The van der Waals surface area contributed by atoms with Gasteiger partial charge in [0.05, 0.1) is 12.5 Å². The van der Waals surface area contributed by atoms with Gasteiger partial charge in [-0.05, 0) is 51.1 Å². The van der Waals surface area contributed by atoms with E-state index < -0.39 is 11.8 Å². The van der Waals surface area contributed by atoms with Crippen LogP contribution in [0.2, 0.25) is 0 Å². The third-order valence-electron chi connectivity index (χ3n) is 7.05. The molecule has 0 radical (unpaired) electrons. The summed E-state index contributed by atoms with van der Waals surface area (Å²) in [6.07, 6.45) is 0.914. The molecule has 8 heteroatoms. The van der Waals surface area contributed by atoms with Crippen LogP contribution in [0.25, 0.3) is 11.1 Å². The lowest BCUT2D eigenvalue weighted by molar-refractivity contribution is -0.149. The molecular formula is C34H33N5O3. The lowest BCUT2D eigenvalue weighted by Crippen LogP contribution is -2.40. The van der Waals surface area contributed by atoms with Crippen molar-refractivity contribution in [2.24, 2.45) is 5.92 Å². The van der Waals surface area contributed by atoms with E-state index in [-0.39, 0.29) is 24.4 Å². The molecule has 5 rings (SSSR count). The zero-order chi connectivity index (χ0) is 29.1. The molecule has 0 bridgehead atoms. The first-order valence-electron chi connectivity index (χ1n) is 14.0. The van der Waals surface area contributed by atoms with Crippen LogP contribution in [0.1, 0.15) is 40.7 Å². The molecule has 0 saturated carbocycles. The number of carbonyl (C=O) groups excluding carboxylic acids is 2. The minimum Gasteiger partial charge on any atom is -0.461 e. The molecule has 1 heterocycles. The standard InChI is InChI=1S/C34H33N5O3/c1-25(34(41)42-24-28-13-7-3-8-14-28)21-31(22-26-17-19-30(20-18-26)29-15-9-4-10-16-29)35-33(40)32-36-37-38-39(32)23-27-11-5-2-6-12-27/h2-20,25,31H,21-24H2,1H3,(H,35,40)/t25-,31?/m1/s1. The summed E-state index contributed by atoms with van der Waals surface area (Å²) in [5.74, 6) is -1.04. The molecule has 0 aliphatic carbocycles. The topological polar surface area (TPSA) is 99.0 Å². The normalized spacial score (nSPS) is 12.3. The summed E-state index contributed by atoms with van der Waals surface area (Å²) in [6.45, 7) is 2.39. The Balaban J connectivity index is 1.29. The van der Waals surface area contributed by atoms with E-state index in [9.17, 15) is 9.59 Å². The Morgan fingerprint density at radius 2 is 1.36 bits per heavy atom. The lowest BCUT2D eigenvalue weighted by Gasteiger charge is -2.22. The fourth-order valence-electron chi connectivity index (χ4n) is 4.82. The first-order chi connectivity index (χ1) is 20.5. The molecule has 1 N–H and O–H groups in total. The summed E-state index contributed by atoms with van der Waals surface area (Å²) in [6, 6.07) is 37.3. The largest absolute Gasteiger partial charge is 0.461 e. The first-order valence-corrected chi connectivity index (χ1v) is 14.0. The fraction of sp³-hybridized carbons (Fsp3) is 0.206. The molecule has 5 aromatic rings. The highest BCUT2D eigenvalue weighted by Gasteiger charge is 2.25. The van der Waals surface area contributed by atoms with Gasteiger partial charge in [0.15, 0.2) is 0 Å². The Morgan fingerprint density at radius 1 is 0.762 bits per heavy atom. The van der Waals surface area contributed by atoms with Crippen molar-refractivity contribution in [2.75, 3.05) is 0 Å². The highest BCUT2D eigenvalue weighted by molar-refractivity contribution is 5.90. The summed E-state index contributed by atoms with van der Waals surface area (Å²) in [5, 5.41) is 14.8. The van der Waals surface area contributed by atoms with Gasteiger partial charge in [0.25, 0.3) is 5.91 Å². The SMILES string of the molecule is C[C@H](CC(Cc1ccc(-c2ccccc2)cc1)NC(=O)c1nnnn1Cc1ccccc1)C(=O)OCc1ccccc1. The Bertz CT molecular complexity index is 1570. The van der Waals surface area contributed by atoms with Crippen molar-refractivity contribution in [1.82, 2.24) is 25.5 Å². The summed E-state index contributed by atoms with van der Waals surface area (Å²) < 4.78 is 7.06. The number of amides is 1. The number of rotatable bonds is 12. The molecule has 42 heavy (non-hydrogen) atoms. The van der Waals surface area contributed by atoms with Gasteiger partial charge in [-0.25, -0.2) is 4.68 Å². The van der Waals surface area contributed by atoms with Crippen molar-refractivity contribution in [3.05, 3.63) is 138 Å². The number of nitrogens with one attached hydrogen (secondary N) is 1. The van der Waals surface area contributed by atoms with Crippen LogP contribution in [0.4, 0.5) is 0 Å². The van der Waals surface area contributed by atoms with Crippen molar-refractivity contribution >= 4 is 11.9 Å². The summed E-state index contributed by atoms with van der Waals surface area (Å²) in [7, 11) is 0. The maximum atomic E-state index is 13.4. The molecule has 1 unspecified atom stereocenters. The summed E-state index contributed by atoms with van der Waals surface area (Å²) in [4.78, 5) is 26.3. The average Bonchev–Trinajstić information content (AvgIpc) is 3.50. The number of benzene rings is 4. The molecule has 2 atom stereocenters. The highest BCUT2D eigenvalue weighted by Crippen LogP contribution is 2.21. The van der Waals surface area contributed by atoms with Crippen LogP contribution < -0.4 is 5.32 Å². The predicted molar refractivity (Wildman–Crippen MR) is 160 cm³/mol. The second kappa shape index (κ2) is 14.0. The molecule has 1 aromatic heterocycles. The van der Waals surface area contributed by atoms with Crippen LogP contribution >= 0.6 is 0 Å². The number of carbonyl (C=O) groups is 2. The third-order valence-corrected chi connectivity index (χ3v) is 7.05. The Labute approximate surface area is 245 Å². The van der Waals surface area contributed by atoms with Gasteiger partial charge < -0.3 is 10.1 Å². The van der Waals surface area contributed by atoms with Crippen molar-refractivity contribution in [3.8, 4) is 11.1 Å². The fourth-order valence-corrected chi connectivity index (χ4v) is 4.82. The van der Waals surface area contributed by atoms with E-state index in [4.69, 9.17) is 4.74 Å². The van der Waals surface area contributed by atoms with Crippen LogP contribution in [0, 0.1) is 5.92 Å². The number of aromatic nitrogens is 4. The van der Waals surface area contributed by atoms with Crippen LogP contribution in [0.5, 0.6) is 0 Å². The Kier molecular flexibility index (Phi) is 9.46. The van der Waals surface area contributed by atoms with Gasteiger partial charge in [-0.1, -0.05) is 122 Å². The number of tetrazole rings is 1. The number of ether oxygens (including phenoxy) is 1. The quantitative estimate of drug-likeness (QED) is 0.203. The van der Waals surface area contributed by atoms with Crippen LogP contribution in [0.3, 0.4) is 0 Å². The highest BCUT2D eigenvalue weighted by atomic mass is 16.5. The van der Waals surface area contributed by atoms with Crippen molar-refractivity contribution in [3.63, 3.8) is 0 Å². The van der Waals surface area contributed by atoms with Gasteiger partial charge in [0.1, 0.15) is 6.61 Å². The monoisotopic (exact) mass is 559 g/mol. The molecule has 0 saturated heterocycles. The van der Waals surface area contributed by atoms with Gasteiger partial charge >= 0.3 is 5.97 Å². The molecule has 0 aliphatic heterocycles. The molecule has 0 aliphatic rings. The zero-order valence-corrected chi connectivity index (χ0v) is 23.5. The van der Waals surface area contributed by atoms with Crippen LogP contribution in [0.15, 0.2) is 115 Å². The first kappa shape index (κ1) is 28.4. The van der Waals surface area contributed by atoms with Gasteiger partial charge in [0.2, 0.25) is 5.82 Å². The lowest BCUT2D eigenvalue weighted by atomic mass is 9.95. The third kappa shape index (κ3) is 7.75. The predicted octanol–water partition coefficient (Wildman–Crippen LogP) is 5.50. The van der Waals surface area contributed by atoms with E-state index in [0.29, 0.717) is 19.4 Å². The number of esters is 1. The van der Waals surface area contributed by atoms with Gasteiger partial charge in [0, 0.05) is 6.04 Å². The second-order valence-corrected chi connectivity index (χ2v) is 10.3. The van der Waals surface area contributed by atoms with Gasteiger partial charge in [-0.15, -0.1) is 5.10 Å². The maximum Gasteiger partial charge on any atom is 0.309 e. The van der Waals surface area contributed by atoms with E-state index in [1.165, 1.54) is 4.68 Å². The molecule has 8 nitrogen and oxygen atoms in total. The van der Waals surface area contributed by atoms with E-state index in [0.717, 1.165) is 27.8 Å². The second-order valence-electron chi connectivity index (χ2n) is 10.3. The van der Waals surface area contributed by atoms with Gasteiger partial charge in [-0.3, -0.25) is 9.59 Å². The minimum absolute atomic E-state index is 0.114. The summed E-state index contributed by atoms with van der Waals surface area (Å²) in [5.41, 5.74) is 5.18. The minimum atomic E-state index is -0.442. The van der Waals surface area contributed by atoms with Crippen LogP contribution in [-0.2, 0) is 29.1 Å². The zero-order valence-electron chi connectivity index (χ0n) is 23.5. The molecule has 212 valence electrons. The van der Waals surface area contributed by atoms with E-state index in [2.05, 4.69) is 57.2 Å². The molecule has 0 spiro atoms.